The molecule has 2 aromatic carbocycles. The van der Waals surface area contributed by atoms with E-state index in [0.29, 0.717) is 16.9 Å². The Morgan fingerprint density at radius 1 is 1.11 bits per heavy atom. The van der Waals surface area contributed by atoms with Gasteiger partial charge in [-0.15, -0.1) is 0 Å². The van der Waals surface area contributed by atoms with Gasteiger partial charge in [0.25, 0.3) is 0 Å². The molecule has 0 aliphatic heterocycles. The van der Waals surface area contributed by atoms with Gasteiger partial charge < -0.3 is 9.47 Å². The molecule has 0 saturated carbocycles. The number of sulfonamides is 1. The van der Waals surface area contributed by atoms with Crippen LogP contribution in [0.4, 0.5) is 4.39 Å². The zero-order valence-electron chi connectivity index (χ0n) is 14.7. The van der Waals surface area contributed by atoms with Gasteiger partial charge in [-0.3, -0.25) is 9.59 Å². The van der Waals surface area contributed by atoms with E-state index in [9.17, 15) is 22.4 Å². The maximum Gasteiger partial charge on any atom is 0.321 e. The van der Waals surface area contributed by atoms with Gasteiger partial charge in [-0.1, -0.05) is 0 Å². The Morgan fingerprint density at radius 3 is 2.37 bits per heavy atom. The van der Waals surface area contributed by atoms with Crippen molar-refractivity contribution in [3.63, 3.8) is 0 Å². The lowest BCUT2D eigenvalue weighted by molar-refractivity contribution is -0.143. The Kier molecular flexibility index (Phi) is 6.65. The van der Waals surface area contributed by atoms with Crippen LogP contribution in [-0.4, -0.2) is 33.8 Å². The summed E-state index contributed by atoms with van der Waals surface area (Å²) in [5.41, 5.74) is 0.902. The molecule has 0 aromatic heterocycles. The van der Waals surface area contributed by atoms with Crippen molar-refractivity contribution in [3.05, 3.63) is 59.4 Å². The normalized spacial score (nSPS) is 11.1. The predicted molar refractivity (Wildman–Crippen MR) is 94.4 cm³/mol. The summed E-state index contributed by atoms with van der Waals surface area (Å²) in [5.74, 6) is -1.12. The highest BCUT2D eigenvalue weighted by Crippen LogP contribution is 2.21. The van der Waals surface area contributed by atoms with Gasteiger partial charge in [-0.05, 0) is 49.4 Å². The lowest BCUT2D eigenvalue weighted by Crippen LogP contribution is -2.30. The third kappa shape index (κ3) is 5.60. The van der Waals surface area contributed by atoms with Crippen molar-refractivity contribution in [3.8, 4) is 5.75 Å². The topological polar surface area (TPSA) is 98.8 Å². The molecule has 27 heavy (non-hydrogen) atoms. The Bertz CT molecular complexity index is 941. The molecule has 1 N–H and O–H groups in total. The maximum absolute atomic E-state index is 12.9. The maximum atomic E-state index is 12.9. The monoisotopic (exact) mass is 395 g/mol. The van der Waals surface area contributed by atoms with Crippen molar-refractivity contribution in [2.24, 2.45) is 0 Å². The van der Waals surface area contributed by atoms with Crippen LogP contribution in [0, 0.1) is 5.82 Å². The number of ketones is 1. The van der Waals surface area contributed by atoms with Crippen LogP contribution in [0.5, 0.6) is 5.75 Å². The number of methoxy groups -OCH3 is 1. The molecule has 0 heterocycles. The molecule has 0 amide bonds. The lowest BCUT2D eigenvalue weighted by atomic mass is 10.1. The van der Waals surface area contributed by atoms with E-state index in [2.05, 4.69) is 4.72 Å². The number of nitrogens with one attached hydrogen (secondary N) is 1. The Balaban J connectivity index is 1.97. The molecule has 2 rings (SSSR count). The number of halogens is 1. The van der Waals surface area contributed by atoms with Crippen LogP contribution in [0.2, 0.25) is 0 Å². The number of esters is 1. The van der Waals surface area contributed by atoms with Crippen LogP contribution in [0.3, 0.4) is 0 Å². The third-order valence-electron chi connectivity index (χ3n) is 3.61. The van der Waals surface area contributed by atoms with Crippen molar-refractivity contribution < 1.29 is 31.9 Å². The summed E-state index contributed by atoms with van der Waals surface area (Å²) in [7, 11) is -2.54. The number of carbonyl (C=O) groups is 2. The van der Waals surface area contributed by atoms with E-state index in [0.717, 1.165) is 24.3 Å². The number of Topliss-reactive ketones (excluding diaryl/α,β-unsaturated/α-hetero) is 1. The van der Waals surface area contributed by atoms with E-state index >= 15 is 0 Å². The molecule has 0 atom stereocenters. The number of hydrogen-bond acceptors (Lipinski definition) is 6. The molecule has 7 nitrogen and oxygen atoms in total. The van der Waals surface area contributed by atoms with Crippen molar-refractivity contribution in [1.82, 2.24) is 4.72 Å². The fourth-order valence-corrected chi connectivity index (χ4v) is 3.14. The third-order valence-corrected chi connectivity index (χ3v) is 5.02. The minimum atomic E-state index is -3.97. The van der Waals surface area contributed by atoms with Gasteiger partial charge >= 0.3 is 5.97 Å². The molecule has 0 bridgehead atoms. The first-order valence-corrected chi connectivity index (χ1v) is 9.30. The summed E-state index contributed by atoms with van der Waals surface area (Å²) < 4.78 is 49.2. The number of carbonyl (C=O) groups excluding carboxylic acids is 2. The molecule has 0 fully saturated rings. The first kappa shape index (κ1) is 20.5. The number of benzene rings is 2. The number of ether oxygens (including phenoxy) is 2. The molecular formula is C18H18FNO6S. The minimum Gasteiger partial charge on any atom is -0.496 e. The van der Waals surface area contributed by atoms with Crippen molar-refractivity contribution in [2.45, 2.75) is 18.4 Å². The lowest BCUT2D eigenvalue weighted by Gasteiger charge is -2.11. The molecule has 0 aliphatic rings. The molecule has 0 radical (unpaired) electrons. The predicted octanol–water partition coefficient (Wildman–Crippen LogP) is 2.06. The zero-order chi connectivity index (χ0) is 20.0. The highest BCUT2D eigenvalue weighted by molar-refractivity contribution is 7.89. The molecule has 0 aliphatic carbocycles. The first-order chi connectivity index (χ1) is 12.7. The summed E-state index contributed by atoms with van der Waals surface area (Å²) in [5, 5.41) is 0. The van der Waals surface area contributed by atoms with Gasteiger partial charge in [-0.2, -0.15) is 4.72 Å². The number of rotatable bonds is 8. The van der Waals surface area contributed by atoms with Crippen LogP contribution < -0.4 is 9.46 Å². The largest absolute Gasteiger partial charge is 0.496 e. The van der Waals surface area contributed by atoms with Gasteiger partial charge in [-0.25, -0.2) is 12.8 Å². The molecule has 9 heteroatoms. The molecule has 144 valence electrons. The SMILES string of the molecule is COc1ccc(C(C)=O)cc1COC(=O)CNS(=O)(=O)c1ccc(F)cc1. The Labute approximate surface area is 156 Å². The van der Waals surface area contributed by atoms with Crippen LogP contribution in [-0.2, 0) is 26.2 Å². The van der Waals surface area contributed by atoms with Crippen molar-refractivity contribution in [1.29, 1.82) is 0 Å². The van der Waals surface area contributed by atoms with E-state index in [1.165, 1.54) is 20.1 Å². The summed E-state index contributed by atoms with van der Waals surface area (Å²) in [4.78, 5) is 23.1. The summed E-state index contributed by atoms with van der Waals surface area (Å²) >= 11 is 0. The number of hydrogen-bond donors (Lipinski definition) is 1. The second-order valence-corrected chi connectivity index (χ2v) is 7.29. The highest BCUT2D eigenvalue weighted by atomic mass is 32.2. The van der Waals surface area contributed by atoms with Crippen molar-refractivity contribution >= 4 is 21.8 Å². The van der Waals surface area contributed by atoms with Gasteiger partial charge in [0, 0.05) is 11.1 Å². The second-order valence-electron chi connectivity index (χ2n) is 5.52. The van der Waals surface area contributed by atoms with Crippen LogP contribution >= 0.6 is 0 Å². The van der Waals surface area contributed by atoms with E-state index in [4.69, 9.17) is 9.47 Å². The van der Waals surface area contributed by atoms with Crippen LogP contribution in [0.15, 0.2) is 47.4 Å². The fraction of sp³-hybridized carbons (Fsp3) is 0.222. The Hall–Kier alpha value is -2.78. The van der Waals surface area contributed by atoms with E-state index in [1.807, 2.05) is 0 Å². The van der Waals surface area contributed by atoms with Gasteiger partial charge in [0.15, 0.2) is 5.78 Å². The van der Waals surface area contributed by atoms with E-state index in [-0.39, 0.29) is 17.3 Å². The highest BCUT2D eigenvalue weighted by Gasteiger charge is 2.17. The quantitative estimate of drug-likeness (QED) is 0.543. The summed E-state index contributed by atoms with van der Waals surface area (Å²) in [6.45, 7) is 0.609. The smallest absolute Gasteiger partial charge is 0.321 e. The van der Waals surface area contributed by atoms with Crippen LogP contribution in [0.25, 0.3) is 0 Å². The van der Waals surface area contributed by atoms with Gasteiger partial charge in [0.05, 0.1) is 12.0 Å². The standard InChI is InChI=1S/C18H18FNO6S/c1-12(21)13-3-8-17(25-2)14(9-13)11-26-18(22)10-20-27(23,24)16-6-4-15(19)5-7-16/h3-9,20H,10-11H2,1-2H3. The van der Waals surface area contributed by atoms with Crippen LogP contribution in [0.1, 0.15) is 22.8 Å². The Morgan fingerprint density at radius 2 is 1.78 bits per heavy atom. The average molecular weight is 395 g/mol. The molecule has 0 unspecified atom stereocenters. The molecular weight excluding hydrogens is 377 g/mol. The van der Waals surface area contributed by atoms with Gasteiger partial charge in [0.2, 0.25) is 10.0 Å². The molecule has 0 saturated heterocycles. The van der Waals surface area contributed by atoms with Crippen molar-refractivity contribution in [2.75, 3.05) is 13.7 Å². The second kappa shape index (κ2) is 8.74. The van der Waals surface area contributed by atoms with E-state index in [1.54, 1.807) is 12.1 Å². The van der Waals surface area contributed by atoms with E-state index < -0.39 is 28.4 Å². The first-order valence-electron chi connectivity index (χ1n) is 7.81. The summed E-state index contributed by atoms with van der Waals surface area (Å²) in [6.07, 6.45) is 0. The molecule has 2 aromatic rings. The fourth-order valence-electron chi connectivity index (χ4n) is 2.17. The van der Waals surface area contributed by atoms with Gasteiger partial charge in [0.1, 0.15) is 24.7 Å². The minimum absolute atomic E-state index is 0.155. The molecule has 0 spiro atoms. The summed E-state index contributed by atoms with van der Waals surface area (Å²) in [6, 6.07) is 8.88. The zero-order valence-corrected chi connectivity index (χ0v) is 15.5. The average Bonchev–Trinajstić information content (AvgIpc) is 2.64.